The van der Waals surface area contributed by atoms with E-state index in [4.69, 9.17) is 11.6 Å². The van der Waals surface area contributed by atoms with E-state index in [2.05, 4.69) is 10.0 Å². The Morgan fingerprint density at radius 3 is 2.48 bits per heavy atom. The van der Waals surface area contributed by atoms with Gasteiger partial charge in [-0.2, -0.15) is 0 Å². The SMILES string of the molecule is O=C(CCNS(=O)(=O)c1ccc(Cl)cc1)Nc1cccc(F)c1. The molecule has 122 valence electrons. The predicted octanol–water partition coefficient (Wildman–Crippen LogP) is 2.79. The van der Waals surface area contributed by atoms with Crippen molar-refractivity contribution in [2.24, 2.45) is 0 Å². The van der Waals surface area contributed by atoms with Gasteiger partial charge in [0.2, 0.25) is 15.9 Å². The third kappa shape index (κ3) is 5.31. The first kappa shape index (κ1) is 17.4. The van der Waals surface area contributed by atoms with Crippen LogP contribution in [0.5, 0.6) is 0 Å². The minimum absolute atomic E-state index is 0.0624. The molecule has 0 aliphatic heterocycles. The summed E-state index contributed by atoms with van der Waals surface area (Å²) in [5, 5.41) is 2.91. The number of hydrogen-bond acceptors (Lipinski definition) is 3. The van der Waals surface area contributed by atoms with Crippen molar-refractivity contribution < 1.29 is 17.6 Å². The van der Waals surface area contributed by atoms with Gasteiger partial charge in [-0.1, -0.05) is 17.7 Å². The fourth-order valence-corrected chi connectivity index (χ4v) is 2.94. The molecule has 5 nitrogen and oxygen atoms in total. The van der Waals surface area contributed by atoms with Crippen molar-refractivity contribution in [1.82, 2.24) is 4.72 Å². The van der Waals surface area contributed by atoms with Gasteiger partial charge in [0.25, 0.3) is 0 Å². The monoisotopic (exact) mass is 356 g/mol. The number of halogens is 2. The maximum atomic E-state index is 13.0. The van der Waals surface area contributed by atoms with Crippen LogP contribution in [-0.2, 0) is 14.8 Å². The lowest BCUT2D eigenvalue weighted by atomic mass is 10.3. The number of benzene rings is 2. The molecule has 2 rings (SSSR count). The standard InChI is InChI=1S/C15H14ClFN2O3S/c16-11-4-6-14(7-5-11)23(21,22)18-9-8-15(20)19-13-3-1-2-12(17)10-13/h1-7,10,18H,8-9H2,(H,19,20). The Labute approximate surface area is 138 Å². The molecule has 0 aliphatic rings. The molecule has 0 heterocycles. The lowest BCUT2D eigenvalue weighted by molar-refractivity contribution is -0.116. The fourth-order valence-electron chi connectivity index (χ4n) is 1.79. The zero-order chi connectivity index (χ0) is 16.9. The van der Waals surface area contributed by atoms with Crippen LogP contribution in [0, 0.1) is 5.82 Å². The molecule has 0 atom stereocenters. The minimum atomic E-state index is -3.70. The van der Waals surface area contributed by atoms with Gasteiger partial charge >= 0.3 is 0 Å². The van der Waals surface area contributed by atoms with E-state index < -0.39 is 21.7 Å². The predicted molar refractivity (Wildman–Crippen MR) is 86.3 cm³/mol. The van der Waals surface area contributed by atoms with Crippen molar-refractivity contribution in [3.8, 4) is 0 Å². The van der Waals surface area contributed by atoms with Crippen molar-refractivity contribution in [3.05, 3.63) is 59.4 Å². The van der Waals surface area contributed by atoms with Crippen LogP contribution in [0.1, 0.15) is 6.42 Å². The maximum absolute atomic E-state index is 13.0. The van der Waals surface area contributed by atoms with E-state index in [1.165, 1.54) is 42.5 Å². The summed E-state index contributed by atoms with van der Waals surface area (Å²) in [7, 11) is -3.70. The molecule has 0 aromatic heterocycles. The molecule has 1 amide bonds. The highest BCUT2D eigenvalue weighted by Crippen LogP contribution is 2.14. The molecule has 0 aliphatic carbocycles. The number of sulfonamides is 1. The highest BCUT2D eigenvalue weighted by Gasteiger charge is 2.14. The molecule has 0 fully saturated rings. The van der Waals surface area contributed by atoms with Crippen LogP contribution in [0.4, 0.5) is 10.1 Å². The molecule has 8 heteroatoms. The molecular weight excluding hydrogens is 343 g/mol. The van der Waals surface area contributed by atoms with E-state index in [1.807, 2.05) is 0 Å². The van der Waals surface area contributed by atoms with Gasteiger partial charge in [-0.25, -0.2) is 17.5 Å². The Kier molecular flexibility index (Phi) is 5.70. The zero-order valence-electron chi connectivity index (χ0n) is 11.9. The average Bonchev–Trinajstić information content (AvgIpc) is 2.47. The minimum Gasteiger partial charge on any atom is -0.326 e. The van der Waals surface area contributed by atoms with E-state index in [1.54, 1.807) is 6.07 Å². The first-order valence-corrected chi connectivity index (χ1v) is 8.53. The number of carbonyl (C=O) groups is 1. The van der Waals surface area contributed by atoms with Gasteiger partial charge in [-0.05, 0) is 42.5 Å². The van der Waals surface area contributed by atoms with Crippen LogP contribution < -0.4 is 10.0 Å². The number of hydrogen-bond donors (Lipinski definition) is 2. The zero-order valence-corrected chi connectivity index (χ0v) is 13.5. The summed E-state index contributed by atoms with van der Waals surface area (Å²) in [6.45, 7) is -0.0773. The molecule has 0 saturated heterocycles. The van der Waals surface area contributed by atoms with E-state index >= 15 is 0 Å². The summed E-state index contributed by atoms with van der Waals surface area (Å²) in [6.07, 6.45) is -0.0800. The van der Waals surface area contributed by atoms with Crippen LogP contribution in [0.15, 0.2) is 53.4 Å². The Morgan fingerprint density at radius 1 is 1.13 bits per heavy atom. The normalized spacial score (nSPS) is 11.2. The van der Waals surface area contributed by atoms with E-state index in [-0.39, 0.29) is 17.9 Å². The molecule has 0 spiro atoms. The number of rotatable bonds is 6. The molecular formula is C15H14ClFN2O3S. The van der Waals surface area contributed by atoms with Crippen molar-refractivity contribution in [2.45, 2.75) is 11.3 Å². The molecule has 2 aromatic carbocycles. The summed E-state index contributed by atoms with van der Waals surface area (Å²) in [5.74, 6) is -0.888. The number of nitrogens with one attached hydrogen (secondary N) is 2. The maximum Gasteiger partial charge on any atom is 0.240 e. The second kappa shape index (κ2) is 7.54. The van der Waals surface area contributed by atoms with Gasteiger partial charge in [-0.3, -0.25) is 4.79 Å². The Balaban J connectivity index is 1.86. The Bertz CT molecular complexity index is 795. The van der Waals surface area contributed by atoms with Crippen molar-refractivity contribution in [2.75, 3.05) is 11.9 Å². The van der Waals surface area contributed by atoms with Crippen LogP contribution in [0.25, 0.3) is 0 Å². The quantitative estimate of drug-likeness (QED) is 0.835. The third-order valence-electron chi connectivity index (χ3n) is 2.88. The lowest BCUT2D eigenvalue weighted by Crippen LogP contribution is -2.27. The topological polar surface area (TPSA) is 75.3 Å². The number of amides is 1. The van der Waals surface area contributed by atoms with Gasteiger partial charge < -0.3 is 5.32 Å². The first-order valence-electron chi connectivity index (χ1n) is 6.67. The fraction of sp³-hybridized carbons (Fsp3) is 0.133. The van der Waals surface area contributed by atoms with E-state index in [0.29, 0.717) is 10.7 Å². The molecule has 2 aromatic rings. The Hall–Kier alpha value is -1.96. The van der Waals surface area contributed by atoms with Gasteiger partial charge in [0, 0.05) is 23.7 Å². The summed E-state index contributed by atoms with van der Waals surface area (Å²) in [4.78, 5) is 11.8. The summed E-state index contributed by atoms with van der Waals surface area (Å²) >= 11 is 5.70. The van der Waals surface area contributed by atoms with E-state index in [9.17, 15) is 17.6 Å². The van der Waals surface area contributed by atoms with Crippen molar-refractivity contribution >= 4 is 33.2 Å². The molecule has 23 heavy (non-hydrogen) atoms. The molecule has 0 unspecified atom stereocenters. The second-order valence-electron chi connectivity index (χ2n) is 4.66. The lowest BCUT2D eigenvalue weighted by Gasteiger charge is -2.08. The molecule has 0 saturated carbocycles. The second-order valence-corrected chi connectivity index (χ2v) is 6.86. The van der Waals surface area contributed by atoms with E-state index in [0.717, 1.165) is 0 Å². The van der Waals surface area contributed by atoms with Crippen LogP contribution in [0.2, 0.25) is 5.02 Å². The highest BCUT2D eigenvalue weighted by atomic mass is 35.5. The summed E-state index contributed by atoms with van der Waals surface area (Å²) < 4.78 is 39.3. The Morgan fingerprint density at radius 2 is 1.83 bits per heavy atom. The molecule has 0 bridgehead atoms. The van der Waals surface area contributed by atoms with Gasteiger partial charge in [0.15, 0.2) is 0 Å². The third-order valence-corrected chi connectivity index (χ3v) is 4.61. The van der Waals surface area contributed by atoms with Gasteiger partial charge in [0.1, 0.15) is 5.82 Å². The molecule has 0 radical (unpaired) electrons. The highest BCUT2D eigenvalue weighted by molar-refractivity contribution is 7.89. The average molecular weight is 357 g/mol. The largest absolute Gasteiger partial charge is 0.326 e. The summed E-state index contributed by atoms with van der Waals surface area (Å²) in [5.41, 5.74) is 0.315. The molecule has 2 N–H and O–H groups in total. The summed E-state index contributed by atoms with van der Waals surface area (Å²) in [6, 6.07) is 11.1. The first-order chi connectivity index (χ1) is 10.9. The van der Waals surface area contributed by atoms with Crippen LogP contribution >= 0.6 is 11.6 Å². The van der Waals surface area contributed by atoms with Gasteiger partial charge in [0.05, 0.1) is 4.90 Å². The van der Waals surface area contributed by atoms with Crippen LogP contribution in [-0.4, -0.2) is 20.9 Å². The van der Waals surface area contributed by atoms with Gasteiger partial charge in [-0.15, -0.1) is 0 Å². The van der Waals surface area contributed by atoms with Crippen LogP contribution in [0.3, 0.4) is 0 Å². The van der Waals surface area contributed by atoms with Crippen molar-refractivity contribution in [1.29, 1.82) is 0 Å². The van der Waals surface area contributed by atoms with Crippen molar-refractivity contribution in [3.63, 3.8) is 0 Å². The number of anilines is 1. The smallest absolute Gasteiger partial charge is 0.240 e. The number of carbonyl (C=O) groups excluding carboxylic acids is 1.